The monoisotopic (exact) mass is 316 g/mol. The van der Waals surface area contributed by atoms with E-state index in [1.165, 1.54) is 18.4 Å². The minimum absolute atomic E-state index is 0.103. The van der Waals surface area contributed by atoms with Crippen molar-refractivity contribution in [3.05, 3.63) is 29.3 Å². The van der Waals surface area contributed by atoms with Gasteiger partial charge in [-0.3, -0.25) is 4.79 Å². The molecule has 126 valence electrons. The predicted molar refractivity (Wildman–Crippen MR) is 91.6 cm³/mol. The molecule has 23 heavy (non-hydrogen) atoms. The first kappa shape index (κ1) is 16.3. The number of piperidine rings is 1. The molecule has 1 fully saturated rings. The van der Waals surface area contributed by atoms with Gasteiger partial charge in [-0.25, -0.2) is 0 Å². The summed E-state index contributed by atoms with van der Waals surface area (Å²) in [6.45, 7) is 5.02. The molecule has 2 aliphatic heterocycles. The first-order valence-electron chi connectivity index (χ1n) is 9.02. The van der Waals surface area contributed by atoms with Gasteiger partial charge in [-0.2, -0.15) is 0 Å². The number of hydrogen-bond donors (Lipinski definition) is 2. The SMILES string of the molecule is CCc1cccc2c1OCCC2NC(=O)CCC1CCNCC1. The Kier molecular flexibility index (Phi) is 5.55. The summed E-state index contributed by atoms with van der Waals surface area (Å²) in [7, 11) is 0. The van der Waals surface area contributed by atoms with Crippen molar-refractivity contribution in [2.24, 2.45) is 5.92 Å². The molecule has 0 saturated carbocycles. The van der Waals surface area contributed by atoms with E-state index in [9.17, 15) is 4.79 Å². The van der Waals surface area contributed by atoms with E-state index in [-0.39, 0.29) is 11.9 Å². The molecule has 2 N–H and O–H groups in total. The second-order valence-corrected chi connectivity index (χ2v) is 6.68. The molecule has 0 radical (unpaired) electrons. The van der Waals surface area contributed by atoms with E-state index in [2.05, 4.69) is 35.8 Å². The van der Waals surface area contributed by atoms with Gasteiger partial charge in [0.1, 0.15) is 5.75 Å². The predicted octanol–water partition coefficient (Wildman–Crippen LogP) is 2.97. The summed E-state index contributed by atoms with van der Waals surface area (Å²) < 4.78 is 5.85. The highest BCUT2D eigenvalue weighted by Crippen LogP contribution is 2.35. The molecular formula is C19H28N2O2. The van der Waals surface area contributed by atoms with Crippen molar-refractivity contribution in [2.45, 2.75) is 51.5 Å². The van der Waals surface area contributed by atoms with E-state index in [1.54, 1.807) is 0 Å². The smallest absolute Gasteiger partial charge is 0.220 e. The van der Waals surface area contributed by atoms with Crippen LogP contribution in [0.4, 0.5) is 0 Å². The molecule has 2 heterocycles. The van der Waals surface area contributed by atoms with Gasteiger partial charge in [0.2, 0.25) is 5.91 Å². The standard InChI is InChI=1S/C19H28N2O2/c1-2-15-4-3-5-16-17(10-13-23-19(15)16)21-18(22)7-6-14-8-11-20-12-9-14/h3-5,14,17,20H,2,6-13H2,1H3,(H,21,22). The average Bonchev–Trinajstić information content (AvgIpc) is 2.60. The molecule has 2 aliphatic rings. The number of benzene rings is 1. The first-order chi connectivity index (χ1) is 11.3. The molecule has 4 nitrogen and oxygen atoms in total. The van der Waals surface area contributed by atoms with Crippen molar-refractivity contribution >= 4 is 5.91 Å². The molecule has 1 unspecified atom stereocenters. The van der Waals surface area contributed by atoms with Crippen molar-refractivity contribution in [3.63, 3.8) is 0 Å². The van der Waals surface area contributed by atoms with Gasteiger partial charge in [-0.05, 0) is 50.3 Å². The Morgan fingerprint density at radius 1 is 1.30 bits per heavy atom. The van der Waals surface area contributed by atoms with Gasteiger partial charge in [0.15, 0.2) is 0 Å². The van der Waals surface area contributed by atoms with Crippen molar-refractivity contribution in [1.29, 1.82) is 0 Å². The second-order valence-electron chi connectivity index (χ2n) is 6.68. The number of rotatable bonds is 5. The van der Waals surface area contributed by atoms with Crippen LogP contribution in [-0.4, -0.2) is 25.6 Å². The Hall–Kier alpha value is -1.55. The fourth-order valence-corrected chi connectivity index (χ4v) is 3.69. The van der Waals surface area contributed by atoms with Gasteiger partial charge < -0.3 is 15.4 Å². The van der Waals surface area contributed by atoms with Gasteiger partial charge in [0.05, 0.1) is 12.6 Å². The second kappa shape index (κ2) is 7.82. The van der Waals surface area contributed by atoms with E-state index in [1.807, 2.05) is 0 Å². The Morgan fingerprint density at radius 2 is 2.13 bits per heavy atom. The number of hydrogen-bond acceptors (Lipinski definition) is 3. The average molecular weight is 316 g/mol. The van der Waals surface area contributed by atoms with Gasteiger partial charge in [-0.1, -0.05) is 25.1 Å². The highest BCUT2D eigenvalue weighted by Gasteiger charge is 2.25. The van der Waals surface area contributed by atoms with Gasteiger partial charge in [-0.15, -0.1) is 0 Å². The van der Waals surface area contributed by atoms with Crippen LogP contribution in [0.25, 0.3) is 0 Å². The molecule has 0 aromatic heterocycles. The molecule has 4 heteroatoms. The van der Waals surface area contributed by atoms with Gasteiger partial charge in [0.25, 0.3) is 0 Å². The summed E-state index contributed by atoms with van der Waals surface area (Å²) in [6, 6.07) is 6.37. The van der Waals surface area contributed by atoms with Crippen LogP contribution < -0.4 is 15.4 Å². The number of nitrogens with one attached hydrogen (secondary N) is 2. The van der Waals surface area contributed by atoms with Gasteiger partial charge >= 0.3 is 0 Å². The van der Waals surface area contributed by atoms with Crippen LogP contribution in [0, 0.1) is 5.92 Å². The van der Waals surface area contributed by atoms with E-state index < -0.39 is 0 Å². The zero-order valence-electron chi connectivity index (χ0n) is 14.1. The molecule has 0 bridgehead atoms. The van der Waals surface area contributed by atoms with Crippen molar-refractivity contribution in [3.8, 4) is 5.75 Å². The molecular weight excluding hydrogens is 288 g/mol. The van der Waals surface area contributed by atoms with E-state index in [0.717, 1.165) is 43.7 Å². The molecule has 1 aromatic rings. The van der Waals surface area contributed by atoms with Crippen LogP contribution in [0.5, 0.6) is 5.75 Å². The van der Waals surface area contributed by atoms with Crippen molar-refractivity contribution in [2.75, 3.05) is 19.7 Å². The number of carbonyl (C=O) groups excluding carboxylic acids is 1. The fraction of sp³-hybridized carbons (Fsp3) is 0.632. The molecule has 1 atom stereocenters. The summed E-state index contributed by atoms with van der Waals surface area (Å²) in [6.07, 6.45) is 5.88. The number of aryl methyl sites for hydroxylation is 1. The first-order valence-corrected chi connectivity index (χ1v) is 9.02. The lowest BCUT2D eigenvalue weighted by atomic mass is 9.92. The maximum absolute atomic E-state index is 12.4. The lowest BCUT2D eigenvalue weighted by molar-refractivity contribution is -0.122. The van der Waals surface area contributed by atoms with Crippen molar-refractivity contribution in [1.82, 2.24) is 10.6 Å². The summed E-state index contributed by atoms with van der Waals surface area (Å²) >= 11 is 0. The lowest BCUT2D eigenvalue weighted by Crippen LogP contribution is -2.33. The third-order valence-corrected chi connectivity index (χ3v) is 5.11. The maximum atomic E-state index is 12.4. The number of amides is 1. The Labute approximate surface area is 139 Å². The minimum Gasteiger partial charge on any atom is -0.493 e. The van der Waals surface area contributed by atoms with Crippen LogP contribution in [0.3, 0.4) is 0 Å². The fourth-order valence-electron chi connectivity index (χ4n) is 3.69. The number of ether oxygens (including phenoxy) is 1. The normalized spacial score (nSPS) is 21.3. The van der Waals surface area contributed by atoms with E-state index in [0.29, 0.717) is 18.9 Å². The number of fused-ring (bicyclic) bond motifs is 1. The molecule has 0 aliphatic carbocycles. The van der Waals surface area contributed by atoms with Crippen LogP contribution in [-0.2, 0) is 11.2 Å². The third-order valence-electron chi connectivity index (χ3n) is 5.11. The van der Waals surface area contributed by atoms with Crippen LogP contribution in [0.15, 0.2) is 18.2 Å². The highest BCUT2D eigenvalue weighted by molar-refractivity contribution is 5.76. The minimum atomic E-state index is 0.103. The maximum Gasteiger partial charge on any atom is 0.220 e. The lowest BCUT2D eigenvalue weighted by Gasteiger charge is -2.28. The third kappa shape index (κ3) is 4.05. The zero-order valence-corrected chi connectivity index (χ0v) is 14.1. The van der Waals surface area contributed by atoms with Gasteiger partial charge in [0, 0.05) is 18.4 Å². The van der Waals surface area contributed by atoms with E-state index >= 15 is 0 Å². The largest absolute Gasteiger partial charge is 0.493 e. The summed E-state index contributed by atoms with van der Waals surface area (Å²) in [4.78, 5) is 12.4. The Morgan fingerprint density at radius 3 is 2.91 bits per heavy atom. The molecule has 1 saturated heterocycles. The van der Waals surface area contributed by atoms with Crippen LogP contribution >= 0.6 is 0 Å². The topological polar surface area (TPSA) is 50.4 Å². The zero-order chi connectivity index (χ0) is 16.1. The number of carbonyl (C=O) groups is 1. The summed E-state index contributed by atoms with van der Waals surface area (Å²) in [5.41, 5.74) is 2.38. The van der Waals surface area contributed by atoms with Crippen LogP contribution in [0.1, 0.15) is 56.2 Å². The highest BCUT2D eigenvalue weighted by atomic mass is 16.5. The van der Waals surface area contributed by atoms with Crippen LogP contribution in [0.2, 0.25) is 0 Å². The molecule has 0 spiro atoms. The van der Waals surface area contributed by atoms with Crippen molar-refractivity contribution < 1.29 is 9.53 Å². The Balaban J connectivity index is 1.57. The molecule has 1 amide bonds. The molecule has 3 rings (SSSR count). The molecule has 1 aromatic carbocycles. The summed E-state index contributed by atoms with van der Waals surface area (Å²) in [5, 5.41) is 6.61. The van der Waals surface area contributed by atoms with E-state index in [4.69, 9.17) is 4.74 Å². The Bertz CT molecular complexity index is 538. The summed E-state index contributed by atoms with van der Waals surface area (Å²) in [5.74, 6) is 1.88. The number of para-hydroxylation sites is 1. The quantitative estimate of drug-likeness (QED) is 0.878.